The zero-order valence-electron chi connectivity index (χ0n) is 16.3. The van der Waals surface area contributed by atoms with E-state index in [0.29, 0.717) is 21.5 Å². The van der Waals surface area contributed by atoms with Crippen molar-refractivity contribution in [3.8, 4) is 5.75 Å². The lowest BCUT2D eigenvalue weighted by Gasteiger charge is -2.38. The van der Waals surface area contributed by atoms with Crippen LogP contribution in [-0.2, 0) is 11.2 Å². The topological polar surface area (TPSA) is 67.6 Å². The Bertz CT molecular complexity index is 921. The minimum absolute atomic E-state index is 0.118. The smallest absolute Gasteiger partial charge is 0.221 e. The minimum atomic E-state index is -0.209. The summed E-state index contributed by atoms with van der Waals surface area (Å²) in [7, 11) is 0. The Hall–Kier alpha value is -1.79. The van der Waals surface area contributed by atoms with Crippen molar-refractivity contribution in [2.24, 2.45) is 5.73 Å². The van der Waals surface area contributed by atoms with E-state index in [9.17, 15) is 4.79 Å². The van der Waals surface area contributed by atoms with E-state index in [-0.39, 0.29) is 24.1 Å². The number of benzene rings is 2. The second-order valence-corrected chi connectivity index (χ2v) is 8.72. The Morgan fingerprint density at radius 1 is 1.28 bits per heavy atom. The second kappa shape index (κ2) is 8.52. The normalized spacial score (nSPS) is 24.2. The van der Waals surface area contributed by atoms with Crippen LogP contribution in [0.3, 0.4) is 0 Å². The van der Waals surface area contributed by atoms with Gasteiger partial charge in [-0.15, -0.1) is 0 Å². The standard InChI is InChI=1S/C22H25Cl2N3O2/c1-13(28)26-16-5-2-6-17(10-16)29-22-19-8-14(23)9-20(24)18(19)11-21(22)27-7-3-4-15(25)12-27/h2,5-6,8-10,15,21-22H,3-4,7,11-12,25H2,1H3,(H,26,28)/t15-,21-,22+/m1/s1. The van der Waals surface area contributed by atoms with Crippen molar-refractivity contribution in [1.29, 1.82) is 0 Å². The highest BCUT2D eigenvalue weighted by Gasteiger charge is 2.40. The molecule has 5 nitrogen and oxygen atoms in total. The maximum absolute atomic E-state index is 11.4. The van der Waals surface area contributed by atoms with Crippen LogP contribution < -0.4 is 15.8 Å². The molecule has 2 aromatic rings. The number of amides is 1. The predicted molar refractivity (Wildman–Crippen MR) is 117 cm³/mol. The molecule has 0 radical (unpaired) electrons. The lowest BCUT2D eigenvalue weighted by Crippen LogP contribution is -2.49. The molecular weight excluding hydrogens is 409 g/mol. The first kappa shape index (κ1) is 20.5. The summed E-state index contributed by atoms with van der Waals surface area (Å²) in [4.78, 5) is 13.8. The first-order valence-corrected chi connectivity index (χ1v) is 10.7. The molecule has 0 bridgehead atoms. The highest BCUT2D eigenvalue weighted by atomic mass is 35.5. The Labute approximate surface area is 181 Å². The van der Waals surface area contributed by atoms with Crippen LogP contribution >= 0.6 is 23.2 Å². The van der Waals surface area contributed by atoms with E-state index in [1.54, 1.807) is 6.07 Å². The zero-order chi connectivity index (χ0) is 20.5. The number of rotatable bonds is 4. The summed E-state index contributed by atoms with van der Waals surface area (Å²) in [5, 5.41) is 4.08. The van der Waals surface area contributed by atoms with Gasteiger partial charge in [-0.25, -0.2) is 0 Å². The SMILES string of the molecule is CC(=O)Nc1cccc(O[C@H]2c3cc(Cl)cc(Cl)c3C[C@H]2N2CCC[C@@H](N)C2)c1. The van der Waals surface area contributed by atoms with Gasteiger partial charge in [0.1, 0.15) is 11.9 Å². The van der Waals surface area contributed by atoms with Gasteiger partial charge in [-0.05, 0) is 55.6 Å². The summed E-state index contributed by atoms with van der Waals surface area (Å²) in [6.07, 6.45) is 2.72. The molecule has 3 atom stereocenters. The summed E-state index contributed by atoms with van der Waals surface area (Å²) in [5.74, 6) is 0.573. The fraction of sp³-hybridized carbons (Fsp3) is 0.409. The second-order valence-electron chi connectivity index (χ2n) is 7.87. The molecule has 0 saturated carbocycles. The van der Waals surface area contributed by atoms with Crippen LogP contribution in [0.1, 0.15) is 37.0 Å². The molecule has 0 spiro atoms. The van der Waals surface area contributed by atoms with Crippen LogP contribution in [0.4, 0.5) is 5.69 Å². The average Bonchev–Trinajstić information content (AvgIpc) is 3.00. The predicted octanol–water partition coefficient (Wildman–Crippen LogP) is 4.42. The highest BCUT2D eigenvalue weighted by Crippen LogP contribution is 2.43. The van der Waals surface area contributed by atoms with Crippen LogP contribution in [0, 0.1) is 0 Å². The minimum Gasteiger partial charge on any atom is -0.484 e. The Morgan fingerprint density at radius 3 is 2.86 bits per heavy atom. The first-order valence-electron chi connectivity index (χ1n) is 9.92. The number of ether oxygens (including phenoxy) is 1. The molecule has 4 rings (SSSR count). The molecular formula is C22H25Cl2N3O2. The van der Waals surface area contributed by atoms with Crippen molar-refractivity contribution in [3.05, 3.63) is 57.6 Å². The number of hydrogen-bond acceptors (Lipinski definition) is 4. The van der Waals surface area contributed by atoms with Crippen LogP contribution in [0.25, 0.3) is 0 Å². The average molecular weight is 434 g/mol. The van der Waals surface area contributed by atoms with Gasteiger partial charge in [-0.3, -0.25) is 9.69 Å². The summed E-state index contributed by atoms with van der Waals surface area (Å²) >= 11 is 12.8. The number of carbonyl (C=O) groups excluding carboxylic acids is 1. The molecule has 3 N–H and O–H groups in total. The number of nitrogens with two attached hydrogens (primary N) is 1. The number of likely N-dealkylation sites (tertiary alicyclic amines) is 1. The summed E-state index contributed by atoms with van der Waals surface area (Å²) in [6.45, 7) is 3.32. The zero-order valence-corrected chi connectivity index (χ0v) is 17.8. The van der Waals surface area contributed by atoms with E-state index in [0.717, 1.165) is 43.5 Å². The number of halogens is 2. The molecule has 1 heterocycles. The van der Waals surface area contributed by atoms with E-state index >= 15 is 0 Å². The van der Waals surface area contributed by atoms with Gasteiger partial charge in [0, 0.05) is 46.9 Å². The number of carbonyl (C=O) groups is 1. The fourth-order valence-electron chi connectivity index (χ4n) is 4.42. The summed E-state index contributed by atoms with van der Waals surface area (Å²) in [6, 6.07) is 11.5. The van der Waals surface area contributed by atoms with Gasteiger partial charge in [0.25, 0.3) is 0 Å². The number of hydrogen-bond donors (Lipinski definition) is 2. The highest BCUT2D eigenvalue weighted by molar-refractivity contribution is 6.35. The van der Waals surface area contributed by atoms with Gasteiger partial charge < -0.3 is 15.8 Å². The van der Waals surface area contributed by atoms with Crippen LogP contribution in [0.2, 0.25) is 10.0 Å². The van der Waals surface area contributed by atoms with Crippen LogP contribution in [0.15, 0.2) is 36.4 Å². The van der Waals surface area contributed by atoms with Crippen LogP contribution in [-0.4, -0.2) is 36.0 Å². The molecule has 0 unspecified atom stereocenters. The van der Waals surface area contributed by atoms with E-state index in [2.05, 4.69) is 10.2 Å². The van der Waals surface area contributed by atoms with Crippen molar-refractivity contribution in [2.45, 2.75) is 44.4 Å². The largest absolute Gasteiger partial charge is 0.484 e. The summed E-state index contributed by atoms with van der Waals surface area (Å²) in [5.41, 5.74) is 9.06. The molecule has 1 fully saturated rings. The maximum atomic E-state index is 11.4. The quantitative estimate of drug-likeness (QED) is 0.748. The molecule has 1 aliphatic carbocycles. The van der Waals surface area contributed by atoms with Gasteiger partial charge >= 0.3 is 0 Å². The molecule has 1 amide bonds. The first-order chi connectivity index (χ1) is 13.9. The third kappa shape index (κ3) is 4.53. The Kier molecular flexibility index (Phi) is 6.02. The Balaban J connectivity index is 1.66. The van der Waals surface area contributed by atoms with Crippen molar-refractivity contribution >= 4 is 34.8 Å². The molecule has 1 aliphatic heterocycles. The van der Waals surface area contributed by atoms with Gasteiger partial charge in [0.2, 0.25) is 5.91 Å². The molecule has 2 aliphatic rings. The van der Waals surface area contributed by atoms with Crippen molar-refractivity contribution in [3.63, 3.8) is 0 Å². The van der Waals surface area contributed by atoms with Crippen molar-refractivity contribution < 1.29 is 9.53 Å². The fourth-order valence-corrected chi connectivity index (χ4v) is 5.00. The number of nitrogens with zero attached hydrogens (tertiary/aromatic N) is 1. The molecule has 7 heteroatoms. The number of fused-ring (bicyclic) bond motifs is 1. The lowest BCUT2D eigenvalue weighted by atomic mass is 10.0. The Morgan fingerprint density at radius 2 is 2.10 bits per heavy atom. The van der Waals surface area contributed by atoms with E-state index in [4.69, 9.17) is 33.7 Å². The monoisotopic (exact) mass is 433 g/mol. The van der Waals surface area contributed by atoms with E-state index in [1.165, 1.54) is 6.92 Å². The van der Waals surface area contributed by atoms with Gasteiger partial charge in [0.15, 0.2) is 0 Å². The maximum Gasteiger partial charge on any atom is 0.221 e. The number of nitrogens with one attached hydrogen (secondary N) is 1. The molecule has 29 heavy (non-hydrogen) atoms. The van der Waals surface area contributed by atoms with Gasteiger partial charge in [0.05, 0.1) is 6.04 Å². The molecule has 0 aromatic heterocycles. The van der Waals surface area contributed by atoms with E-state index < -0.39 is 0 Å². The lowest BCUT2D eigenvalue weighted by molar-refractivity contribution is -0.114. The van der Waals surface area contributed by atoms with Crippen LogP contribution in [0.5, 0.6) is 5.75 Å². The molecule has 2 aromatic carbocycles. The van der Waals surface area contributed by atoms with E-state index in [1.807, 2.05) is 30.3 Å². The van der Waals surface area contributed by atoms with Gasteiger partial charge in [-0.1, -0.05) is 29.3 Å². The third-order valence-corrected chi connectivity index (χ3v) is 6.20. The molecule has 154 valence electrons. The summed E-state index contributed by atoms with van der Waals surface area (Å²) < 4.78 is 6.48. The molecule has 1 saturated heterocycles. The third-order valence-electron chi connectivity index (χ3n) is 5.64. The number of piperidine rings is 1. The van der Waals surface area contributed by atoms with Crippen molar-refractivity contribution in [1.82, 2.24) is 4.90 Å². The number of anilines is 1. The van der Waals surface area contributed by atoms with Crippen molar-refractivity contribution in [2.75, 3.05) is 18.4 Å². The van der Waals surface area contributed by atoms with Gasteiger partial charge in [-0.2, -0.15) is 0 Å².